The molecule has 0 aliphatic carbocycles. The van der Waals surface area contributed by atoms with E-state index >= 15 is 0 Å². The van der Waals surface area contributed by atoms with Crippen molar-refractivity contribution in [2.75, 3.05) is 0 Å². The molecule has 0 fully saturated rings. The van der Waals surface area contributed by atoms with Gasteiger partial charge in [0.1, 0.15) is 0 Å². The van der Waals surface area contributed by atoms with Crippen molar-refractivity contribution in [1.29, 1.82) is 0 Å². The summed E-state index contributed by atoms with van der Waals surface area (Å²) in [6.45, 7) is 0. The molecule has 0 unspecified atom stereocenters. The number of H-pyrrole nitrogens is 1. The third-order valence-electron chi connectivity index (χ3n) is 3.93. The SMILES string of the molecule is O=c1cc(CSc2cccc(F)c2F)nc2c(-c3ccccc3)c[nH]n12. The van der Waals surface area contributed by atoms with Crippen molar-refractivity contribution in [3.05, 3.63) is 88.5 Å². The van der Waals surface area contributed by atoms with E-state index in [1.165, 1.54) is 22.7 Å². The van der Waals surface area contributed by atoms with E-state index in [2.05, 4.69) is 10.1 Å². The Labute approximate surface area is 151 Å². The predicted molar refractivity (Wildman–Crippen MR) is 97.2 cm³/mol. The van der Waals surface area contributed by atoms with Crippen molar-refractivity contribution in [1.82, 2.24) is 14.6 Å². The third kappa shape index (κ3) is 3.01. The van der Waals surface area contributed by atoms with Crippen LogP contribution in [-0.4, -0.2) is 14.6 Å². The maximum atomic E-state index is 13.8. The van der Waals surface area contributed by atoms with E-state index in [9.17, 15) is 13.6 Å². The van der Waals surface area contributed by atoms with Crippen LogP contribution < -0.4 is 5.56 Å². The van der Waals surface area contributed by atoms with Gasteiger partial charge in [0.05, 0.1) is 5.69 Å². The third-order valence-corrected chi connectivity index (χ3v) is 4.99. The molecule has 0 saturated carbocycles. The van der Waals surface area contributed by atoms with E-state index in [-0.39, 0.29) is 16.2 Å². The normalized spacial score (nSPS) is 11.2. The Morgan fingerprint density at radius 3 is 2.69 bits per heavy atom. The van der Waals surface area contributed by atoms with Crippen molar-refractivity contribution < 1.29 is 8.78 Å². The quantitative estimate of drug-likeness (QED) is 0.547. The molecule has 7 heteroatoms. The Morgan fingerprint density at radius 1 is 1.08 bits per heavy atom. The Bertz CT molecular complexity index is 1140. The van der Waals surface area contributed by atoms with Crippen molar-refractivity contribution >= 4 is 17.4 Å². The fraction of sp³-hybridized carbons (Fsp3) is 0.0526. The fourth-order valence-electron chi connectivity index (χ4n) is 2.68. The number of fused-ring (bicyclic) bond motifs is 1. The number of rotatable bonds is 4. The van der Waals surface area contributed by atoms with Gasteiger partial charge in [-0.05, 0) is 17.7 Å². The highest BCUT2D eigenvalue weighted by atomic mass is 32.2. The summed E-state index contributed by atoms with van der Waals surface area (Å²) in [5.41, 5.74) is 2.47. The van der Waals surface area contributed by atoms with Crippen LogP contribution in [0.5, 0.6) is 0 Å². The first-order valence-corrected chi connectivity index (χ1v) is 8.84. The van der Waals surface area contributed by atoms with Crippen LogP contribution in [-0.2, 0) is 5.75 Å². The monoisotopic (exact) mass is 369 g/mol. The van der Waals surface area contributed by atoms with Crippen LogP contribution >= 0.6 is 11.8 Å². The summed E-state index contributed by atoms with van der Waals surface area (Å²) < 4.78 is 28.5. The molecule has 1 N–H and O–H groups in total. The minimum absolute atomic E-state index is 0.185. The number of hydrogen-bond acceptors (Lipinski definition) is 3. The second-order valence-electron chi connectivity index (χ2n) is 5.64. The maximum Gasteiger partial charge on any atom is 0.272 e. The molecule has 2 aromatic heterocycles. The molecule has 0 aliphatic rings. The van der Waals surface area contributed by atoms with Gasteiger partial charge < -0.3 is 0 Å². The number of nitrogens with zero attached hydrogens (tertiary/aromatic N) is 2. The van der Waals surface area contributed by atoms with Gasteiger partial charge in [-0.25, -0.2) is 18.3 Å². The van der Waals surface area contributed by atoms with Gasteiger partial charge in [-0.15, -0.1) is 11.8 Å². The van der Waals surface area contributed by atoms with E-state index in [0.717, 1.165) is 29.0 Å². The average molecular weight is 369 g/mol. The number of aromatic nitrogens is 3. The first-order valence-electron chi connectivity index (χ1n) is 7.86. The summed E-state index contributed by atoms with van der Waals surface area (Å²) >= 11 is 1.10. The van der Waals surface area contributed by atoms with Crippen LogP contribution in [0.15, 0.2) is 70.5 Å². The van der Waals surface area contributed by atoms with Crippen molar-refractivity contribution in [2.45, 2.75) is 10.6 Å². The minimum atomic E-state index is -0.893. The lowest BCUT2D eigenvalue weighted by atomic mass is 10.1. The molecule has 130 valence electrons. The molecule has 4 rings (SSSR count). The van der Waals surface area contributed by atoms with Crippen LogP contribution in [0.4, 0.5) is 8.78 Å². The Kier molecular flexibility index (Phi) is 4.30. The zero-order valence-electron chi connectivity index (χ0n) is 13.4. The smallest absolute Gasteiger partial charge is 0.272 e. The first kappa shape index (κ1) is 16.5. The summed E-state index contributed by atoms with van der Waals surface area (Å²) in [5, 5.41) is 2.90. The van der Waals surface area contributed by atoms with E-state index < -0.39 is 11.6 Å². The molecule has 0 spiro atoms. The molecule has 0 aliphatic heterocycles. The molecule has 4 nitrogen and oxygen atoms in total. The molecule has 0 atom stereocenters. The van der Waals surface area contributed by atoms with Crippen LogP contribution in [0, 0.1) is 11.6 Å². The van der Waals surface area contributed by atoms with Crippen molar-refractivity contribution in [3.8, 4) is 11.1 Å². The minimum Gasteiger partial charge on any atom is -0.296 e. The van der Waals surface area contributed by atoms with Crippen molar-refractivity contribution in [2.24, 2.45) is 0 Å². The van der Waals surface area contributed by atoms with Crippen LogP contribution in [0.2, 0.25) is 0 Å². The molecule has 2 aromatic carbocycles. The van der Waals surface area contributed by atoms with Gasteiger partial charge in [0.15, 0.2) is 17.3 Å². The molecule has 0 saturated heterocycles. The lowest BCUT2D eigenvalue weighted by Gasteiger charge is -2.05. The zero-order valence-corrected chi connectivity index (χ0v) is 14.3. The van der Waals surface area contributed by atoms with Gasteiger partial charge >= 0.3 is 0 Å². The topological polar surface area (TPSA) is 50.2 Å². The zero-order chi connectivity index (χ0) is 18.1. The number of halogens is 2. The maximum absolute atomic E-state index is 13.8. The molecular formula is C19H13F2N3OS. The molecule has 0 amide bonds. The number of benzene rings is 2. The highest BCUT2D eigenvalue weighted by molar-refractivity contribution is 7.98. The highest BCUT2D eigenvalue weighted by Crippen LogP contribution is 2.27. The summed E-state index contributed by atoms with van der Waals surface area (Å²) in [6, 6.07) is 15.0. The molecule has 4 aromatic rings. The lowest BCUT2D eigenvalue weighted by Crippen LogP contribution is -2.15. The summed E-state index contributed by atoms with van der Waals surface area (Å²) in [6.07, 6.45) is 1.72. The van der Waals surface area contributed by atoms with Gasteiger partial charge in [-0.2, -0.15) is 0 Å². The lowest BCUT2D eigenvalue weighted by molar-refractivity contribution is 0.491. The Balaban J connectivity index is 1.70. The summed E-state index contributed by atoms with van der Waals surface area (Å²) in [5.74, 6) is -1.52. The number of aromatic amines is 1. The molecular weight excluding hydrogens is 356 g/mol. The van der Waals surface area contributed by atoms with Crippen LogP contribution in [0.1, 0.15) is 5.69 Å². The molecule has 2 heterocycles. The second kappa shape index (κ2) is 6.76. The van der Waals surface area contributed by atoms with Gasteiger partial charge in [0, 0.05) is 28.5 Å². The predicted octanol–water partition coefficient (Wildman–Crippen LogP) is 4.26. The number of nitrogens with one attached hydrogen (secondary N) is 1. The van der Waals surface area contributed by atoms with Gasteiger partial charge in [0.25, 0.3) is 5.56 Å². The molecule has 0 radical (unpaired) electrons. The second-order valence-corrected chi connectivity index (χ2v) is 6.66. The highest BCUT2D eigenvalue weighted by Gasteiger charge is 2.12. The standard InChI is InChI=1S/C19H13F2N3OS/c20-15-7-4-8-16(18(15)21)26-11-13-9-17(25)24-19(23-13)14(10-22-24)12-5-2-1-3-6-12/h1-10,22H,11H2. The van der Waals surface area contributed by atoms with E-state index in [1.54, 1.807) is 6.20 Å². The van der Waals surface area contributed by atoms with Crippen LogP contribution in [0.25, 0.3) is 16.8 Å². The average Bonchev–Trinajstić information content (AvgIpc) is 3.08. The molecule has 26 heavy (non-hydrogen) atoms. The van der Waals surface area contributed by atoms with Crippen LogP contribution in [0.3, 0.4) is 0 Å². The van der Waals surface area contributed by atoms with E-state index in [4.69, 9.17) is 0 Å². The number of thioether (sulfide) groups is 1. The van der Waals surface area contributed by atoms with Gasteiger partial charge in [0.2, 0.25) is 0 Å². The first-order chi connectivity index (χ1) is 12.6. The largest absolute Gasteiger partial charge is 0.296 e. The van der Waals surface area contributed by atoms with Crippen molar-refractivity contribution in [3.63, 3.8) is 0 Å². The number of hydrogen-bond donors (Lipinski definition) is 1. The van der Waals surface area contributed by atoms with Gasteiger partial charge in [-0.3, -0.25) is 9.89 Å². The Morgan fingerprint density at radius 2 is 1.88 bits per heavy atom. The van der Waals surface area contributed by atoms with Gasteiger partial charge in [-0.1, -0.05) is 36.4 Å². The molecule has 0 bridgehead atoms. The van der Waals surface area contributed by atoms with E-state index in [1.807, 2.05) is 30.3 Å². The van der Waals surface area contributed by atoms with E-state index in [0.29, 0.717) is 11.3 Å². The fourth-order valence-corrected chi connectivity index (χ4v) is 3.53. The Hall–Kier alpha value is -2.93. The summed E-state index contributed by atoms with van der Waals surface area (Å²) in [4.78, 5) is 17.0. The summed E-state index contributed by atoms with van der Waals surface area (Å²) in [7, 11) is 0.